The highest BCUT2D eigenvalue weighted by Crippen LogP contribution is 2.17. The van der Waals surface area contributed by atoms with E-state index in [1.165, 1.54) is 6.92 Å². The lowest BCUT2D eigenvalue weighted by Crippen LogP contribution is -2.40. The zero-order chi connectivity index (χ0) is 17.1. The number of sulfonamides is 1. The molecule has 0 aromatic heterocycles. The number of nitrogens with zero attached hydrogens (tertiary/aromatic N) is 1. The van der Waals surface area contributed by atoms with Crippen LogP contribution in [0.1, 0.15) is 47.0 Å². The normalized spacial score (nSPS) is 19.0. The number of imide groups is 1. The highest BCUT2D eigenvalue weighted by molar-refractivity contribution is 7.90. The van der Waals surface area contributed by atoms with Crippen molar-refractivity contribution < 1.29 is 22.8 Å². The van der Waals surface area contributed by atoms with Crippen molar-refractivity contribution in [2.24, 2.45) is 0 Å². The average Bonchev–Trinajstić information content (AvgIpc) is 2.58. The van der Waals surface area contributed by atoms with Gasteiger partial charge in [-0.15, -0.1) is 0 Å². The minimum atomic E-state index is -3.66. The van der Waals surface area contributed by atoms with Gasteiger partial charge in [-0.05, 0) is 33.6 Å². The minimum absolute atomic E-state index is 0.0743. The molecule has 2 N–H and O–H groups in total. The number of nitrogens with one attached hydrogen (secondary N) is 2. The maximum atomic E-state index is 11.9. The summed E-state index contributed by atoms with van der Waals surface area (Å²) in [6.07, 6.45) is 0.532. The fourth-order valence-corrected chi connectivity index (χ4v) is 3.01. The molecule has 8 nitrogen and oxygen atoms in total. The molecule has 126 valence electrons. The predicted molar refractivity (Wildman–Crippen MR) is 80.4 cm³/mol. The molecule has 9 heteroatoms. The highest BCUT2D eigenvalue weighted by Gasteiger charge is 2.43. The third-order valence-corrected chi connectivity index (χ3v) is 5.50. The summed E-state index contributed by atoms with van der Waals surface area (Å²) >= 11 is 0. The van der Waals surface area contributed by atoms with Gasteiger partial charge in [0.25, 0.3) is 5.91 Å². The van der Waals surface area contributed by atoms with E-state index in [1.807, 2.05) is 4.72 Å². The number of hydrogen-bond acceptors (Lipinski definition) is 5. The lowest BCUT2D eigenvalue weighted by atomic mass is 10.1. The second-order valence-corrected chi connectivity index (χ2v) is 8.00. The van der Waals surface area contributed by atoms with Gasteiger partial charge in [0.2, 0.25) is 15.9 Å². The Morgan fingerprint density at radius 3 is 2.41 bits per heavy atom. The van der Waals surface area contributed by atoms with Crippen molar-refractivity contribution in [1.29, 1.82) is 0 Å². The molecule has 1 fully saturated rings. The highest BCUT2D eigenvalue weighted by atomic mass is 32.2. The summed E-state index contributed by atoms with van der Waals surface area (Å²) < 4.78 is 25.4. The molecular formula is C13H23N3O5S. The topological polar surface area (TPSA) is 113 Å². The standard InChI is InChI=1S/C13H23N3O5S/c1-5-9(2)22(20,21)15-10(17)7-6-8-16-11(18)13(3,4)14-12(16)19/h9H,5-8H2,1-4H3,(H,14,19)(H,15,17). The Balaban J connectivity index is 2.47. The quantitative estimate of drug-likeness (QED) is 0.652. The van der Waals surface area contributed by atoms with Gasteiger partial charge in [-0.2, -0.15) is 0 Å². The van der Waals surface area contributed by atoms with Crippen molar-refractivity contribution in [2.75, 3.05) is 6.54 Å². The molecule has 4 amide bonds. The fraction of sp³-hybridized carbons (Fsp3) is 0.769. The first kappa shape index (κ1) is 18.4. The molecule has 0 saturated carbocycles. The SMILES string of the molecule is CCC(C)S(=O)(=O)NC(=O)CCCN1C(=O)NC(C)(C)C1=O. The van der Waals surface area contributed by atoms with E-state index in [9.17, 15) is 22.8 Å². The van der Waals surface area contributed by atoms with Crippen LogP contribution < -0.4 is 10.0 Å². The molecule has 22 heavy (non-hydrogen) atoms. The summed E-state index contributed by atoms with van der Waals surface area (Å²) in [7, 11) is -3.66. The van der Waals surface area contributed by atoms with Crippen LogP contribution in [0.15, 0.2) is 0 Å². The smallest absolute Gasteiger partial charge is 0.324 e. The molecule has 1 aliphatic rings. The second kappa shape index (κ2) is 6.64. The van der Waals surface area contributed by atoms with Crippen molar-refractivity contribution in [3.63, 3.8) is 0 Å². The molecule has 0 aromatic rings. The maximum absolute atomic E-state index is 11.9. The molecule has 0 bridgehead atoms. The maximum Gasteiger partial charge on any atom is 0.325 e. The molecule has 0 radical (unpaired) electrons. The summed E-state index contributed by atoms with van der Waals surface area (Å²) in [6, 6.07) is -0.498. The Bertz CT molecular complexity index is 570. The van der Waals surface area contributed by atoms with E-state index < -0.39 is 32.8 Å². The van der Waals surface area contributed by atoms with Gasteiger partial charge in [0.15, 0.2) is 0 Å². The first-order chi connectivity index (χ1) is 10.0. The summed E-state index contributed by atoms with van der Waals surface area (Å²) in [5.41, 5.74) is -0.945. The third-order valence-electron chi connectivity index (χ3n) is 3.59. The van der Waals surface area contributed by atoms with Gasteiger partial charge in [-0.1, -0.05) is 6.92 Å². The molecule has 1 rings (SSSR count). The fourth-order valence-electron chi connectivity index (χ4n) is 1.95. The van der Waals surface area contributed by atoms with Crippen LogP contribution in [0.5, 0.6) is 0 Å². The lowest BCUT2D eigenvalue weighted by molar-refractivity contribution is -0.130. The second-order valence-electron chi connectivity index (χ2n) is 5.90. The van der Waals surface area contributed by atoms with E-state index in [4.69, 9.17) is 0 Å². The summed E-state index contributed by atoms with van der Waals surface area (Å²) in [6.45, 7) is 6.50. The first-order valence-corrected chi connectivity index (χ1v) is 8.74. The Morgan fingerprint density at radius 1 is 1.36 bits per heavy atom. The van der Waals surface area contributed by atoms with Gasteiger partial charge >= 0.3 is 6.03 Å². The van der Waals surface area contributed by atoms with Gasteiger partial charge in [-0.3, -0.25) is 19.2 Å². The predicted octanol–water partition coefficient (Wildman–Crippen LogP) is 0.342. The van der Waals surface area contributed by atoms with Gasteiger partial charge in [0.05, 0.1) is 5.25 Å². The monoisotopic (exact) mass is 333 g/mol. The minimum Gasteiger partial charge on any atom is -0.324 e. The molecule has 1 saturated heterocycles. The summed E-state index contributed by atoms with van der Waals surface area (Å²) in [4.78, 5) is 36.2. The average molecular weight is 333 g/mol. The van der Waals surface area contributed by atoms with Crippen molar-refractivity contribution in [2.45, 2.75) is 57.7 Å². The molecule has 0 spiro atoms. The largest absolute Gasteiger partial charge is 0.325 e. The van der Waals surface area contributed by atoms with E-state index in [0.29, 0.717) is 6.42 Å². The molecular weight excluding hydrogens is 310 g/mol. The number of hydrogen-bond donors (Lipinski definition) is 2. The van der Waals surface area contributed by atoms with Gasteiger partial charge in [0.1, 0.15) is 5.54 Å². The van der Waals surface area contributed by atoms with Crippen LogP contribution in [-0.4, -0.2) is 48.5 Å². The van der Waals surface area contributed by atoms with E-state index in [-0.39, 0.29) is 25.3 Å². The zero-order valence-electron chi connectivity index (χ0n) is 13.3. The Hall–Kier alpha value is -1.64. The van der Waals surface area contributed by atoms with Crippen molar-refractivity contribution in [3.8, 4) is 0 Å². The lowest BCUT2D eigenvalue weighted by Gasteiger charge is -2.16. The summed E-state index contributed by atoms with van der Waals surface area (Å²) in [5, 5.41) is 1.88. The molecule has 1 atom stereocenters. The van der Waals surface area contributed by atoms with Crippen LogP contribution in [0.4, 0.5) is 4.79 Å². The Morgan fingerprint density at radius 2 is 1.95 bits per heavy atom. The molecule has 1 heterocycles. The number of carbonyl (C=O) groups is 3. The van der Waals surface area contributed by atoms with Gasteiger partial charge in [0, 0.05) is 13.0 Å². The number of urea groups is 1. The van der Waals surface area contributed by atoms with Crippen LogP contribution in [0, 0.1) is 0 Å². The van der Waals surface area contributed by atoms with E-state index in [0.717, 1.165) is 4.90 Å². The summed E-state index contributed by atoms with van der Waals surface area (Å²) in [5.74, 6) is -0.989. The molecule has 0 aliphatic carbocycles. The first-order valence-electron chi connectivity index (χ1n) is 7.20. The molecule has 0 aromatic carbocycles. The zero-order valence-corrected chi connectivity index (χ0v) is 14.1. The Labute approximate surface area is 130 Å². The molecule has 1 unspecified atom stereocenters. The number of amides is 4. The van der Waals surface area contributed by atoms with Crippen molar-refractivity contribution in [3.05, 3.63) is 0 Å². The molecule has 1 aliphatic heterocycles. The van der Waals surface area contributed by atoms with Gasteiger partial charge < -0.3 is 5.32 Å². The van der Waals surface area contributed by atoms with Crippen LogP contribution in [-0.2, 0) is 19.6 Å². The van der Waals surface area contributed by atoms with Crippen LogP contribution in [0.25, 0.3) is 0 Å². The number of carbonyl (C=O) groups excluding carboxylic acids is 3. The van der Waals surface area contributed by atoms with E-state index in [2.05, 4.69) is 5.32 Å². The van der Waals surface area contributed by atoms with Gasteiger partial charge in [-0.25, -0.2) is 13.2 Å². The van der Waals surface area contributed by atoms with Crippen molar-refractivity contribution in [1.82, 2.24) is 14.9 Å². The number of rotatable bonds is 7. The van der Waals surface area contributed by atoms with E-state index in [1.54, 1.807) is 20.8 Å². The van der Waals surface area contributed by atoms with Crippen molar-refractivity contribution >= 4 is 27.9 Å². The van der Waals surface area contributed by atoms with E-state index >= 15 is 0 Å². The van der Waals surface area contributed by atoms with Crippen LogP contribution >= 0.6 is 0 Å². The third kappa shape index (κ3) is 4.19. The van der Waals surface area contributed by atoms with Crippen LogP contribution in [0.3, 0.4) is 0 Å². The Kier molecular flexibility index (Phi) is 5.55. The van der Waals surface area contributed by atoms with Crippen LogP contribution in [0.2, 0.25) is 0 Å².